The maximum absolute atomic E-state index is 13.3. The smallest absolute Gasteiger partial charge is 0.331 e. The van der Waals surface area contributed by atoms with Crippen LogP contribution in [0.5, 0.6) is 0 Å². The Morgan fingerprint density at radius 3 is 2.03 bits per heavy atom. The van der Waals surface area contributed by atoms with Gasteiger partial charge in [0.2, 0.25) is 5.91 Å². The zero-order valence-electron chi connectivity index (χ0n) is 21.6. The molecule has 0 saturated heterocycles. The van der Waals surface area contributed by atoms with Gasteiger partial charge in [-0.2, -0.15) is 0 Å². The molecule has 194 valence electrons. The fourth-order valence-electron chi connectivity index (χ4n) is 5.15. The average Bonchev–Trinajstić information content (AvgIpc) is 3.24. The van der Waals surface area contributed by atoms with Crippen molar-refractivity contribution in [2.45, 2.75) is 69.9 Å². The molecule has 0 unspecified atom stereocenters. The number of benzene rings is 3. The first-order valence-electron chi connectivity index (χ1n) is 13.5. The van der Waals surface area contributed by atoms with Gasteiger partial charge in [-0.05, 0) is 34.2 Å². The van der Waals surface area contributed by atoms with Crippen LogP contribution in [0, 0.1) is 0 Å². The Hall–Kier alpha value is -3.44. The fraction of sp³-hybridized carbons (Fsp3) is 0.375. The largest absolute Gasteiger partial charge is 0.464 e. The molecular weight excluding hydrogens is 462 g/mol. The summed E-state index contributed by atoms with van der Waals surface area (Å²) in [6.45, 7) is 2.46. The summed E-state index contributed by atoms with van der Waals surface area (Å²) in [5.74, 6) is -1.01. The molecular formula is C32H37NO4. The van der Waals surface area contributed by atoms with Gasteiger partial charge in [0.15, 0.2) is 6.04 Å². The highest BCUT2D eigenvalue weighted by Crippen LogP contribution is 2.46. The molecule has 0 fully saturated rings. The molecule has 0 spiro atoms. The molecule has 2 N–H and O–H groups in total. The van der Waals surface area contributed by atoms with Gasteiger partial charge in [0.1, 0.15) is 6.10 Å². The molecule has 5 nitrogen and oxygen atoms in total. The monoisotopic (exact) mass is 499 g/mol. The minimum absolute atomic E-state index is 0.110. The van der Waals surface area contributed by atoms with Crippen molar-refractivity contribution in [2.24, 2.45) is 0 Å². The Morgan fingerprint density at radius 1 is 0.811 bits per heavy atom. The van der Waals surface area contributed by atoms with Gasteiger partial charge in [0.25, 0.3) is 0 Å². The van der Waals surface area contributed by atoms with E-state index in [0.717, 1.165) is 41.5 Å². The molecule has 2 atom stereocenters. The van der Waals surface area contributed by atoms with Crippen LogP contribution < -0.4 is 5.32 Å². The van der Waals surface area contributed by atoms with E-state index < -0.39 is 18.1 Å². The summed E-state index contributed by atoms with van der Waals surface area (Å²) >= 11 is 0. The van der Waals surface area contributed by atoms with E-state index in [0.29, 0.717) is 5.56 Å². The summed E-state index contributed by atoms with van der Waals surface area (Å²) in [6.07, 6.45) is 5.44. The molecule has 1 aliphatic carbocycles. The van der Waals surface area contributed by atoms with Crippen molar-refractivity contribution in [1.82, 2.24) is 5.32 Å². The van der Waals surface area contributed by atoms with Crippen LogP contribution in [0.2, 0.25) is 0 Å². The summed E-state index contributed by atoms with van der Waals surface area (Å²) in [6, 6.07) is 24.0. The Bertz CT molecular complexity index is 1130. The first-order valence-corrected chi connectivity index (χ1v) is 13.5. The van der Waals surface area contributed by atoms with Gasteiger partial charge in [-0.15, -0.1) is 0 Å². The molecule has 37 heavy (non-hydrogen) atoms. The first kappa shape index (κ1) is 26.6. The van der Waals surface area contributed by atoms with E-state index in [4.69, 9.17) is 4.74 Å². The molecule has 4 rings (SSSR count). The molecule has 0 radical (unpaired) electrons. The number of hydrogen-bond donors (Lipinski definition) is 2. The number of nitrogens with one attached hydrogen (secondary N) is 1. The van der Waals surface area contributed by atoms with Crippen LogP contribution in [-0.4, -0.2) is 29.6 Å². The van der Waals surface area contributed by atoms with Crippen molar-refractivity contribution in [3.63, 3.8) is 0 Å². The van der Waals surface area contributed by atoms with Gasteiger partial charge < -0.3 is 15.2 Å². The van der Waals surface area contributed by atoms with Crippen molar-refractivity contribution < 1.29 is 19.4 Å². The van der Waals surface area contributed by atoms with E-state index >= 15 is 0 Å². The van der Waals surface area contributed by atoms with Crippen molar-refractivity contribution in [2.75, 3.05) is 6.61 Å². The van der Waals surface area contributed by atoms with Crippen LogP contribution in [0.1, 0.15) is 80.6 Å². The zero-order chi connectivity index (χ0) is 26.0. The molecule has 5 heteroatoms. The molecule has 3 aromatic rings. The number of unbranched alkanes of at least 4 members (excludes halogenated alkanes) is 5. The van der Waals surface area contributed by atoms with Gasteiger partial charge in [-0.25, -0.2) is 4.79 Å². The molecule has 1 aliphatic rings. The molecule has 0 heterocycles. The van der Waals surface area contributed by atoms with Crippen molar-refractivity contribution in [3.8, 4) is 11.1 Å². The van der Waals surface area contributed by atoms with Gasteiger partial charge >= 0.3 is 5.97 Å². The van der Waals surface area contributed by atoms with Crippen LogP contribution in [0.4, 0.5) is 0 Å². The second-order valence-electron chi connectivity index (χ2n) is 9.77. The minimum atomic E-state index is -1.20. The Balaban J connectivity index is 1.44. The van der Waals surface area contributed by atoms with Crippen LogP contribution in [-0.2, 0) is 14.3 Å². The lowest BCUT2D eigenvalue weighted by atomic mass is 9.93. The standard InChI is InChI=1S/C32H37NO4/c1-2-3-4-5-6-14-21-37-32(36)30(31(35)23-15-8-7-9-16-23)33-29(34)22-28-26-19-12-10-17-24(26)25-18-11-13-20-27(25)28/h7-13,15-20,28,30-31,35H,2-6,14,21-22H2,1H3,(H,33,34)/t30-,31-/m0/s1. The number of aliphatic hydroxyl groups is 1. The number of rotatable bonds is 13. The van der Waals surface area contributed by atoms with Crippen LogP contribution >= 0.6 is 0 Å². The van der Waals surface area contributed by atoms with E-state index in [1.807, 2.05) is 30.3 Å². The van der Waals surface area contributed by atoms with E-state index in [2.05, 4.69) is 36.5 Å². The molecule has 0 aromatic heterocycles. The predicted molar refractivity (Wildman–Crippen MR) is 146 cm³/mol. The highest BCUT2D eigenvalue weighted by molar-refractivity contribution is 5.88. The summed E-state index contributed by atoms with van der Waals surface area (Å²) in [5.41, 5.74) is 5.03. The quantitative estimate of drug-likeness (QED) is 0.213. The van der Waals surface area contributed by atoms with E-state index in [1.54, 1.807) is 24.3 Å². The first-order chi connectivity index (χ1) is 18.1. The number of esters is 1. The van der Waals surface area contributed by atoms with Crippen LogP contribution in [0.3, 0.4) is 0 Å². The summed E-state index contributed by atoms with van der Waals surface area (Å²) in [7, 11) is 0. The third-order valence-electron chi connectivity index (χ3n) is 7.12. The number of amides is 1. The SMILES string of the molecule is CCCCCCCCOC(=O)[C@@H](NC(=O)CC1c2ccccc2-c2ccccc21)[C@@H](O)c1ccccc1. The summed E-state index contributed by atoms with van der Waals surface area (Å²) < 4.78 is 5.52. The van der Waals surface area contributed by atoms with Gasteiger partial charge in [0.05, 0.1) is 6.61 Å². The second kappa shape index (κ2) is 13.2. The van der Waals surface area contributed by atoms with Crippen molar-refractivity contribution >= 4 is 11.9 Å². The molecule has 0 bridgehead atoms. The summed E-state index contributed by atoms with van der Waals surface area (Å²) in [5, 5.41) is 13.9. The highest BCUT2D eigenvalue weighted by Gasteiger charge is 2.34. The number of ether oxygens (including phenoxy) is 1. The lowest BCUT2D eigenvalue weighted by molar-refractivity contribution is -0.151. The number of aliphatic hydroxyl groups excluding tert-OH is 1. The summed E-state index contributed by atoms with van der Waals surface area (Å²) in [4.78, 5) is 26.4. The zero-order valence-corrected chi connectivity index (χ0v) is 21.6. The van der Waals surface area contributed by atoms with E-state index in [9.17, 15) is 14.7 Å². The third-order valence-corrected chi connectivity index (χ3v) is 7.12. The Morgan fingerprint density at radius 2 is 1.38 bits per heavy atom. The van der Waals surface area contributed by atoms with E-state index in [1.165, 1.54) is 19.3 Å². The third kappa shape index (κ3) is 6.66. The normalized spacial score (nSPS) is 13.9. The van der Waals surface area contributed by atoms with Gasteiger partial charge in [-0.1, -0.05) is 118 Å². The second-order valence-corrected chi connectivity index (χ2v) is 9.77. The van der Waals surface area contributed by atoms with Gasteiger partial charge in [-0.3, -0.25) is 4.79 Å². The molecule has 1 amide bonds. The molecule has 3 aromatic carbocycles. The number of hydrogen-bond acceptors (Lipinski definition) is 4. The maximum Gasteiger partial charge on any atom is 0.331 e. The lowest BCUT2D eigenvalue weighted by Crippen LogP contribution is -2.46. The molecule has 0 saturated carbocycles. The average molecular weight is 500 g/mol. The number of carbonyl (C=O) groups excluding carboxylic acids is 2. The topological polar surface area (TPSA) is 75.6 Å². The van der Waals surface area contributed by atoms with Crippen molar-refractivity contribution in [1.29, 1.82) is 0 Å². The fourth-order valence-corrected chi connectivity index (χ4v) is 5.15. The highest BCUT2D eigenvalue weighted by atomic mass is 16.5. The minimum Gasteiger partial charge on any atom is -0.464 e. The van der Waals surface area contributed by atoms with Gasteiger partial charge in [0, 0.05) is 12.3 Å². The predicted octanol–water partition coefficient (Wildman–Crippen LogP) is 6.31. The van der Waals surface area contributed by atoms with Crippen LogP contribution in [0.15, 0.2) is 78.9 Å². The number of carbonyl (C=O) groups is 2. The Labute approximate surface area is 219 Å². The Kier molecular flexibility index (Phi) is 9.50. The lowest BCUT2D eigenvalue weighted by Gasteiger charge is -2.24. The van der Waals surface area contributed by atoms with E-state index in [-0.39, 0.29) is 24.9 Å². The van der Waals surface area contributed by atoms with Crippen LogP contribution in [0.25, 0.3) is 11.1 Å². The van der Waals surface area contributed by atoms with Crippen molar-refractivity contribution in [3.05, 3.63) is 95.6 Å². The maximum atomic E-state index is 13.3. The molecule has 0 aliphatic heterocycles. The number of fused-ring (bicyclic) bond motifs is 3.